The fraction of sp³-hybridized carbons (Fsp3) is 0.800. The van der Waals surface area contributed by atoms with Crippen LogP contribution in [0, 0.1) is 28.6 Å². The van der Waals surface area contributed by atoms with Crippen LogP contribution >= 0.6 is 0 Å². The molecule has 2 N–H and O–H groups in total. The highest BCUT2D eigenvalue weighted by Gasteiger charge is 2.66. The Morgan fingerprint density at radius 2 is 1.92 bits per heavy atom. The molecule has 5 heteroatoms. The maximum Gasteiger partial charge on any atom is 0.207 e. The van der Waals surface area contributed by atoms with Crippen molar-refractivity contribution in [1.29, 1.82) is 0 Å². The van der Waals surface area contributed by atoms with E-state index in [-0.39, 0.29) is 17.9 Å². The molecule has 0 saturated heterocycles. The summed E-state index contributed by atoms with van der Waals surface area (Å²) in [5, 5.41) is 22.4. The van der Waals surface area contributed by atoms with Crippen LogP contribution in [0.15, 0.2) is 11.8 Å². The predicted octanol–water partition coefficient (Wildman–Crippen LogP) is 2.00. The van der Waals surface area contributed by atoms with Crippen LogP contribution in [-0.4, -0.2) is 39.6 Å². The first kappa shape index (κ1) is 17.2. The standard InChI is InChI=1S/C20H28O5/c1-10-5-6-20(24)8-12-11-9-25-13(11)7-14(21)19(12,4)17(23)16(22)15(10)18(20,2)3/h9-10,12-15,21,24H,5-8H2,1-4H3. The lowest BCUT2D eigenvalue weighted by atomic mass is 9.46. The van der Waals surface area contributed by atoms with Gasteiger partial charge in [0.1, 0.15) is 6.10 Å². The van der Waals surface area contributed by atoms with Gasteiger partial charge in [0.05, 0.1) is 23.4 Å². The maximum atomic E-state index is 13.3. The van der Waals surface area contributed by atoms with E-state index in [1.54, 1.807) is 13.2 Å². The minimum atomic E-state index is -1.18. The van der Waals surface area contributed by atoms with Crippen LogP contribution in [-0.2, 0) is 14.3 Å². The molecule has 1 heterocycles. The van der Waals surface area contributed by atoms with E-state index in [4.69, 9.17) is 4.74 Å². The fourth-order valence-corrected chi connectivity index (χ4v) is 6.06. The van der Waals surface area contributed by atoms with Crippen molar-refractivity contribution in [3.8, 4) is 0 Å². The predicted molar refractivity (Wildman–Crippen MR) is 90.4 cm³/mol. The first-order valence-electron chi connectivity index (χ1n) is 9.38. The summed E-state index contributed by atoms with van der Waals surface area (Å²) in [6.07, 6.45) is 2.59. The van der Waals surface area contributed by atoms with Gasteiger partial charge in [0.25, 0.3) is 0 Å². The number of ketones is 2. The van der Waals surface area contributed by atoms with Gasteiger partial charge in [-0.3, -0.25) is 9.59 Å². The Hall–Kier alpha value is -1.20. The third-order valence-corrected chi connectivity index (χ3v) is 8.09. The van der Waals surface area contributed by atoms with Gasteiger partial charge in [0.15, 0.2) is 0 Å². The van der Waals surface area contributed by atoms with Crippen molar-refractivity contribution in [3.63, 3.8) is 0 Å². The normalized spacial score (nSPS) is 51.1. The molecule has 3 saturated carbocycles. The summed E-state index contributed by atoms with van der Waals surface area (Å²) in [4.78, 5) is 26.6. The Bertz CT molecular complexity index is 680. The molecule has 138 valence electrons. The van der Waals surface area contributed by atoms with Gasteiger partial charge in [-0.1, -0.05) is 20.8 Å². The van der Waals surface area contributed by atoms with Gasteiger partial charge < -0.3 is 14.9 Å². The Morgan fingerprint density at radius 3 is 2.52 bits per heavy atom. The quantitative estimate of drug-likeness (QED) is 0.654. The second-order valence-electron chi connectivity index (χ2n) is 9.47. The average molecular weight is 348 g/mol. The van der Waals surface area contributed by atoms with E-state index in [9.17, 15) is 19.8 Å². The van der Waals surface area contributed by atoms with Gasteiger partial charge in [0, 0.05) is 29.2 Å². The highest BCUT2D eigenvalue weighted by Crippen LogP contribution is 2.61. The third kappa shape index (κ3) is 1.91. The van der Waals surface area contributed by atoms with Crippen molar-refractivity contribution in [3.05, 3.63) is 11.8 Å². The molecule has 0 spiro atoms. The summed E-state index contributed by atoms with van der Waals surface area (Å²) in [7, 11) is 0. The first-order chi connectivity index (χ1) is 11.5. The summed E-state index contributed by atoms with van der Waals surface area (Å²) in [5.41, 5.74) is -1.93. The van der Waals surface area contributed by atoms with Gasteiger partial charge in [0.2, 0.25) is 11.6 Å². The largest absolute Gasteiger partial charge is 0.493 e. The van der Waals surface area contributed by atoms with E-state index in [0.717, 1.165) is 12.0 Å². The van der Waals surface area contributed by atoms with Gasteiger partial charge in [-0.15, -0.1) is 0 Å². The molecule has 0 radical (unpaired) electrons. The molecule has 7 atom stereocenters. The van der Waals surface area contributed by atoms with E-state index in [0.29, 0.717) is 19.3 Å². The van der Waals surface area contributed by atoms with Crippen LogP contribution in [0.2, 0.25) is 0 Å². The van der Waals surface area contributed by atoms with Crippen LogP contribution in [0.1, 0.15) is 53.4 Å². The van der Waals surface area contributed by atoms with E-state index in [2.05, 4.69) is 0 Å². The number of carbonyl (C=O) groups is 2. The van der Waals surface area contributed by atoms with Crippen LogP contribution in [0.25, 0.3) is 0 Å². The molecular weight excluding hydrogens is 320 g/mol. The van der Waals surface area contributed by atoms with Gasteiger partial charge >= 0.3 is 0 Å². The second-order valence-corrected chi connectivity index (χ2v) is 9.47. The Kier molecular flexibility index (Phi) is 3.41. The van der Waals surface area contributed by atoms with Crippen molar-refractivity contribution in [2.75, 3.05) is 0 Å². The average Bonchev–Trinajstić information content (AvgIpc) is 2.51. The summed E-state index contributed by atoms with van der Waals surface area (Å²) in [5.74, 6) is -1.70. The Morgan fingerprint density at radius 1 is 1.24 bits per heavy atom. The highest BCUT2D eigenvalue weighted by atomic mass is 16.5. The Labute approximate surface area is 148 Å². The molecule has 0 aromatic rings. The lowest BCUT2D eigenvalue weighted by Crippen LogP contribution is -2.67. The fourth-order valence-electron chi connectivity index (χ4n) is 6.06. The molecule has 25 heavy (non-hydrogen) atoms. The topological polar surface area (TPSA) is 83.8 Å². The Balaban J connectivity index is 1.90. The summed E-state index contributed by atoms with van der Waals surface area (Å²) in [6.45, 7) is 7.54. The lowest BCUT2D eigenvalue weighted by Gasteiger charge is -2.60. The van der Waals surface area contributed by atoms with Crippen molar-refractivity contribution in [1.82, 2.24) is 0 Å². The highest BCUT2D eigenvalue weighted by molar-refractivity contribution is 6.40. The molecule has 2 bridgehead atoms. The molecule has 0 amide bonds. The smallest absolute Gasteiger partial charge is 0.207 e. The van der Waals surface area contributed by atoms with Gasteiger partial charge in [-0.05, 0) is 32.1 Å². The van der Waals surface area contributed by atoms with Crippen molar-refractivity contribution in [2.45, 2.75) is 71.2 Å². The zero-order chi connectivity index (χ0) is 18.4. The zero-order valence-electron chi connectivity index (χ0n) is 15.4. The number of ether oxygens (including phenoxy) is 1. The molecule has 5 nitrogen and oxygen atoms in total. The zero-order valence-corrected chi connectivity index (χ0v) is 15.4. The SMILES string of the molecule is CC1CCC2(O)CC3C4=COC4CC(O)C3(C)C(=O)C(=O)C1C2(C)C. The molecular formula is C20H28O5. The first-order valence-corrected chi connectivity index (χ1v) is 9.38. The van der Waals surface area contributed by atoms with E-state index < -0.39 is 40.0 Å². The number of hydrogen-bond acceptors (Lipinski definition) is 5. The van der Waals surface area contributed by atoms with Crippen LogP contribution in [0.4, 0.5) is 0 Å². The maximum absolute atomic E-state index is 13.3. The van der Waals surface area contributed by atoms with Gasteiger partial charge in [-0.2, -0.15) is 0 Å². The molecule has 7 unspecified atom stereocenters. The number of rotatable bonds is 0. The number of Topliss-reactive ketones (excluding diaryl/α,β-unsaturated/α-hetero) is 2. The van der Waals surface area contributed by atoms with E-state index in [1.807, 2.05) is 20.8 Å². The van der Waals surface area contributed by atoms with E-state index in [1.165, 1.54) is 0 Å². The summed E-state index contributed by atoms with van der Waals surface area (Å²) in [6, 6.07) is 0. The monoisotopic (exact) mass is 348 g/mol. The van der Waals surface area contributed by atoms with Gasteiger partial charge in [-0.25, -0.2) is 0 Å². The molecule has 3 aliphatic carbocycles. The summed E-state index contributed by atoms with van der Waals surface area (Å²) < 4.78 is 5.44. The molecule has 1 aliphatic heterocycles. The molecule has 0 aromatic carbocycles. The van der Waals surface area contributed by atoms with E-state index >= 15 is 0 Å². The minimum Gasteiger partial charge on any atom is -0.493 e. The van der Waals surface area contributed by atoms with Crippen molar-refractivity contribution < 1.29 is 24.5 Å². The molecule has 4 aliphatic rings. The van der Waals surface area contributed by atoms with Crippen LogP contribution in [0.3, 0.4) is 0 Å². The number of hydrogen-bond donors (Lipinski definition) is 2. The molecule has 3 fully saturated rings. The number of aliphatic hydroxyl groups is 2. The van der Waals surface area contributed by atoms with Crippen LogP contribution < -0.4 is 0 Å². The molecule has 0 aromatic heterocycles. The van der Waals surface area contributed by atoms with Crippen molar-refractivity contribution in [2.24, 2.45) is 28.6 Å². The minimum absolute atomic E-state index is 0.0478. The molecule has 4 rings (SSSR count). The number of aliphatic hydroxyl groups excluding tert-OH is 1. The lowest BCUT2D eigenvalue weighted by molar-refractivity contribution is -0.195. The second kappa shape index (κ2) is 4.95. The van der Waals surface area contributed by atoms with Crippen LogP contribution in [0.5, 0.6) is 0 Å². The van der Waals surface area contributed by atoms with Crippen molar-refractivity contribution >= 4 is 11.6 Å². The number of carbonyl (C=O) groups excluding carboxylic acids is 2. The summed E-state index contributed by atoms with van der Waals surface area (Å²) >= 11 is 0. The third-order valence-electron chi connectivity index (χ3n) is 8.09. The number of fused-ring (bicyclic) bond motifs is 5.